The van der Waals surface area contributed by atoms with Crippen molar-refractivity contribution in [3.8, 4) is 5.75 Å². The van der Waals surface area contributed by atoms with Gasteiger partial charge in [0.1, 0.15) is 11.6 Å². The zero-order valence-electron chi connectivity index (χ0n) is 16.9. The van der Waals surface area contributed by atoms with E-state index in [1.807, 2.05) is 13.0 Å². The highest BCUT2D eigenvalue weighted by Crippen LogP contribution is 2.23. The number of hydrogen-bond acceptors (Lipinski definition) is 5. The molecule has 2 heterocycles. The molecule has 7 nitrogen and oxygen atoms in total. The van der Waals surface area contributed by atoms with E-state index in [1.54, 1.807) is 35.5 Å². The predicted molar refractivity (Wildman–Crippen MR) is 115 cm³/mol. The first-order valence-electron chi connectivity index (χ1n) is 9.96. The monoisotopic (exact) mass is 420 g/mol. The van der Waals surface area contributed by atoms with Crippen molar-refractivity contribution in [2.45, 2.75) is 19.6 Å². The molecule has 31 heavy (non-hydrogen) atoms. The molecule has 2 aromatic rings. The smallest absolute Gasteiger partial charge is 0.261 e. The van der Waals surface area contributed by atoms with Gasteiger partial charge in [-0.3, -0.25) is 9.59 Å². The molecule has 0 radical (unpaired) electrons. The van der Waals surface area contributed by atoms with Gasteiger partial charge in [0.15, 0.2) is 0 Å². The normalized spacial score (nSPS) is 17.4. The Balaban J connectivity index is 1.47. The quantitative estimate of drug-likeness (QED) is 0.806. The van der Waals surface area contributed by atoms with Crippen molar-refractivity contribution < 1.29 is 18.7 Å². The summed E-state index contributed by atoms with van der Waals surface area (Å²) in [5.74, 6) is -0.561. The molecule has 1 unspecified atom stereocenters. The lowest BCUT2D eigenvalue weighted by molar-refractivity contribution is 0.0818. The van der Waals surface area contributed by atoms with Gasteiger partial charge in [0.2, 0.25) is 6.29 Å². The first-order valence-corrected chi connectivity index (χ1v) is 9.96. The average Bonchev–Trinajstić information content (AvgIpc) is 2.79. The summed E-state index contributed by atoms with van der Waals surface area (Å²) >= 11 is 0. The second-order valence-corrected chi connectivity index (χ2v) is 6.97. The van der Waals surface area contributed by atoms with Crippen LogP contribution in [0.3, 0.4) is 0 Å². The van der Waals surface area contributed by atoms with Crippen molar-refractivity contribution in [3.05, 3.63) is 77.2 Å². The summed E-state index contributed by atoms with van der Waals surface area (Å²) in [5.41, 5.74) is 2.16. The molecule has 1 N–H and O–H groups in total. The van der Waals surface area contributed by atoms with Crippen molar-refractivity contribution in [3.63, 3.8) is 0 Å². The maximum absolute atomic E-state index is 13.3. The summed E-state index contributed by atoms with van der Waals surface area (Å²) in [7, 11) is 0. The highest BCUT2D eigenvalue weighted by molar-refractivity contribution is 6.18. The van der Waals surface area contributed by atoms with Gasteiger partial charge in [0.25, 0.3) is 11.8 Å². The maximum Gasteiger partial charge on any atom is 0.261 e. The van der Waals surface area contributed by atoms with E-state index < -0.39 is 18.0 Å². The number of carbonyl (C=O) groups excluding carboxylic acids is 2. The number of aliphatic imine (C=N–C) groups is 2. The Kier molecular flexibility index (Phi) is 5.88. The summed E-state index contributed by atoms with van der Waals surface area (Å²) in [6.07, 6.45) is 3.03. The molecule has 8 heteroatoms. The number of benzene rings is 2. The zero-order chi connectivity index (χ0) is 21.8. The van der Waals surface area contributed by atoms with Crippen LogP contribution in [0.25, 0.3) is 0 Å². The van der Waals surface area contributed by atoms with Gasteiger partial charge in [0.05, 0.1) is 17.9 Å². The first-order chi connectivity index (χ1) is 15.0. The van der Waals surface area contributed by atoms with Crippen LogP contribution in [-0.2, 0) is 0 Å². The van der Waals surface area contributed by atoms with Crippen LogP contribution in [0.15, 0.2) is 70.3 Å². The van der Waals surface area contributed by atoms with Crippen LogP contribution in [0.1, 0.15) is 34.1 Å². The van der Waals surface area contributed by atoms with E-state index in [0.717, 1.165) is 11.8 Å². The fraction of sp³-hybridized carbons (Fsp3) is 0.217. The third kappa shape index (κ3) is 4.53. The lowest BCUT2D eigenvalue weighted by atomic mass is 10.0. The van der Waals surface area contributed by atoms with Crippen molar-refractivity contribution in [2.24, 2.45) is 9.98 Å². The minimum absolute atomic E-state index is 0.162. The number of ether oxygens (including phenoxy) is 1. The lowest BCUT2D eigenvalue weighted by Gasteiger charge is -2.28. The summed E-state index contributed by atoms with van der Waals surface area (Å²) in [5, 5.41) is 2.66. The molecule has 0 fully saturated rings. The number of hydrogen-bond donors (Lipinski definition) is 1. The van der Waals surface area contributed by atoms with E-state index in [2.05, 4.69) is 15.3 Å². The fourth-order valence-electron chi connectivity index (χ4n) is 3.40. The fourth-order valence-corrected chi connectivity index (χ4v) is 3.40. The Hall–Kier alpha value is -3.81. The molecular formula is C23H21FN4O3. The van der Waals surface area contributed by atoms with Crippen molar-refractivity contribution in [1.82, 2.24) is 10.2 Å². The van der Waals surface area contributed by atoms with Crippen LogP contribution in [0.5, 0.6) is 5.75 Å². The highest BCUT2D eigenvalue weighted by atomic mass is 19.1. The van der Waals surface area contributed by atoms with E-state index >= 15 is 0 Å². The molecular weight excluding hydrogens is 399 g/mol. The van der Waals surface area contributed by atoms with E-state index in [-0.39, 0.29) is 11.5 Å². The summed E-state index contributed by atoms with van der Waals surface area (Å²) < 4.78 is 18.9. The molecule has 1 atom stereocenters. The van der Waals surface area contributed by atoms with E-state index in [9.17, 15) is 14.0 Å². The number of rotatable bonds is 5. The molecule has 158 valence electrons. The topological polar surface area (TPSA) is 83.4 Å². The number of amides is 2. The number of nitrogens with zero attached hydrogens (tertiary/aromatic N) is 3. The maximum atomic E-state index is 13.3. The van der Waals surface area contributed by atoms with Gasteiger partial charge in [0, 0.05) is 36.5 Å². The Bertz CT molecular complexity index is 1110. The third-order valence-corrected chi connectivity index (χ3v) is 4.88. The standard InChI is InChI=1S/C23H21FN4O3/c1-2-31-20-9-4-3-8-18(20)22(30)28-11-10-19-16(14-28)13-25-23(26-19)27-21(29)15-6-5-7-17(24)12-15/h3-9,12-14,23H,2,10-11H2,1H3,(H,27,29). The second-order valence-electron chi connectivity index (χ2n) is 6.97. The van der Waals surface area contributed by atoms with Gasteiger partial charge < -0.3 is 15.0 Å². The van der Waals surface area contributed by atoms with Gasteiger partial charge in [-0.15, -0.1) is 0 Å². The zero-order valence-corrected chi connectivity index (χ0v) is 16.9. The molecule has 0 aromatic heterocycles. The van der Waals surface area contributed by atoms with E-state index in [1.165, 1.54) is 18.2 Å². The Labute approximate surface area is 179 Å². The van der Waals surface area contributed by atoms with Crippen LogP contribution in [0.4, 0.5) is 4.39 Å². The van der Waals surface area contributed by atoms with Crippen LogP contribution >= 0.6 is 0 Å². The van der Waals surface area contributed by atoms with Crippen molar-refractivity contribution in [2.75, 3.05) is 13.2 Å². The minimum atomic E-state index is -0.788. The molecule has 0 bridgehead atoms. The van der Waals surface area contributed by atoms with Crippen LogP contribution < -0.4 is 10.1 Å². The van der Waals surface area contributed by atoms with Gasteiger partial charge in [-0.25, -0.2) is 14.4 Å². The number of fused-ring (bicyclic) bond motifs is 1. The van der Waals surface area contributed by atoms with Crippen LogP contribution in [-0.4, -0.2) is 48.1 Å². The molecule has 2 aliphatic rings. The van der Waals surface area contributed by atoms with Crippen molar-refractivity contribution >= 4 is 23.7 Å². The van der Waals surface area contributed by atoms with Gasteiger partial charge in [-0.2, -0.15) is 0 Å². The van der Waals surface area contributed by atoms with Crippen LogP contribution in [0.2, 0.25) is 0 Å². The van der Waals surface area contributed by atoms with Gasteiger partial charge in [-0.1, -0.05) is 18.2 Å². The third-order valence-electron chi connectivity index (χ3n) is 4.88. The molecule has 0 aliphatic carbocycles. The van der Waals surface area contributed by atoms with Gasteiger partial charge >= 0.3 is 0 Å². The summed E-state index contributed by atoms with van der Waals surface area (Å²) in [4.78, 5) is 35.6. The lowest BCUT2D eigenvalue weighted by Crippen LogP contribution is -2.38. The molecule has 2 aliphatic heterocycles. The SMILES string of the molecule is CCOc1ccccc1C(=O)N1C=C2C=NC(NC(=O)c3cccc(F)c3)N=C2CC1. The Morgan fingerprint density at radius 1 is 1.23 bits per heavy atom. The summed E-state index contributed by atoms with van der Waals surface area (Å²) in [6.45, 7) is 2.78. The molecule has 0 saturated heterocycles. The number of halogens is 1. The number of para-hydroxylation sites is 1. The first kappa shape index (κ1) is 20.5. The van der Waals surface area contributed by atoms with Crippen LogP contribution in [0, 0.1) is 5.82 Å². The molecule has 2 aromatic carbocycles. The number of carbonyl (C=O) groups is 2. The second kappa shape index (κ2) is 8.91. The molecule has 0 spiro atoms. The van der Waals surface area contributed by atoms with E-state index in [4.69, 9.17) is 4.74 Å². The average molecular weight is 420 g/mol. The highest BCUT2D eigenvalue weighted by Gasteiger charge is 2.26. The Morgan fingerprint density at radius 2 is 2.06 bits per heavy atom. The minimum Gasteiger partial charge on any atom is -0.493 e. The predicted octanol–water partition coefficient (Wildman–Crippen LogP) is 3.19. The molecule has 0 saturated carbocycles. The molecule has 2 amide bonds. The molecule has 4 rings (SSSR count). The Morgan fingerprint density at radius 3 is 2.87 bits per heavy atom. The summed E-state index contributed by atoms with van der Waals surface area (Å²) in [6, 6.07) is 12.6. The largest absolute Gasteiger partial charge is 0.493 e. The van der Waals surface area contributed by atoms with Gasteiger partial charge in [-0.05, 0) is 37.3 Å². The van der Waals surface area contributed by atoms with E-state index in [0.29, 0.717) is 36.5 Å². The number of nitrogens with one attached hydrogen (secondary N) is 1. The van der Waals surface area contributed by atoms with Crippen molar-refractivity contribution in [1.29, 1.82) is 0 Å². The number of allylic oxidation sites excluding steroid dienone is 1.